The van der Waals surface area contributed by atoms with Crippen molar-refractivity contribution in [2.24, 2.45) is 100 Å². The van der Waals surface area contributed by atoms with E-state index in [1.807, 2.05) is 13.8 Å². The van der Waals surface area contributed by atoms with Gasteiger partial charge in [-0.1, -0.05) is 36.4 Å². The third kappa shape index (κ3) is 7.56. The number of fused-ring (bicyclic) bond motifs is 24. The first-order valence-corrected chi connectivity index (χ1v) is 24.9. The van der Waals surface area contributed by atoms with Gasteiger partial charge in [-0.05, 0) is 200 Å². The molecule has 10 nitrogen and oxygen atoms in total. The minimum Gasteiger partial charge on any atom is -0.762 e. The molecule has 0 aromatic heterocycles. The molecule has 11 heteroatoms. The van der Waals surface area contributed by atoms with E-state index < -0.39 is 5.41 Å². The van der Waals surface area contributed by atoms with Crippen molar-refractivity contribution in [3.8, 4) is 0 Å². The van der Waals surface area contributed by atoms with Crippen molar-refractivity contribution in [2.45, 2.75) is 145 Å². The molecule has 4 N–H and O–H groups in total. The number of alkyl halides is 1. The molecule has 10 fully saturated rings. The fraction of sp³-hybridized carbons (Fsp3) is 1.00. The smallest absolute Gasteiger partial charge is 0.0746 e. The highest BCUT2D eigenvalue weighted by molar-refractivity contribution is 14.1. The Hall–Kier alpha value is 0.330. The van der Waals surface area contributed by atoms with Gasteiger partial charge >= 0.3 is 0 Å². The van der Waals surface area contributed by atoms with E-state index in [-0.39, 0.29) is 22.3 Å². The summed E-state index contributed by atoms with van der Waals surface area (Å²) < 4.78 is 0.172. The average molecular weight is 905 g/mol. The van der Waals surface area contributed by atoms with Crippen molar-refractivity contribution < 1.29 is 9.68 Å². The van der Waals surface area contributed by atoms with Crippen LogP contribution >= 0.6 is 22.6 Å². The van der Waals surface area contributed by atoms with Gasteiger partial charge < -0.3 is 41.4 Å². The van der Waals surface area contributed by atoms with Gasteiger partial charge in [0.2, 0.25) is 0 Å². The molecule has 0 aromatic rings. The average Bonchev–Trinajstić information content (AvgIpc) is 3.98. The maximum absolute atomic E-state index is 12.9. The Morgan fingerprint density at radius 1 is 0.561 bits per heavy atom. The fourth-order valence-corrected chi connectivity index (χ4v) is 18.2. The van der Waals surface area contributed by atoms with Crippen molar-refractivity contribution in [3.05, 3.63) is 10.4 Å². The standard InChI is InChI=1S/C46H77IN6O4/c1-44(2,22-56-52(54)10-8-45(3,4)50-38-14-24-12-36(38)42-34-20-32(40(24)42)28-16-26(48-7)17-29(28)34)23-57-53(55)11-9-49-27-18-30-31(19-27)35-21-33(30)41-25-13-37(43(35)41)39(15-25)51-46(5,6)47/h24-43,48-51H,8-23H2,1-7H3/q-2/t24?,25?,26?,27?,28?,29?,30?,31-,32?,33?,34?,35?,36?,37?,38?,39?,40?,41?,42?,43?/m0/s1. The molecule has 57 heavy (non-hydrogen) atoms. The lowest BCUT2D eigenvalue weighted by Gasteiger charge is -2.45. The Morgan fingerprint density at radius 2 is 1.04 bits per heavy atom. The van der Waals surface area contributed by atoms with Crippen molar-refractivity contribution in [1.29, 1.82) is 0 Å². The molecule has 10 aliphatic rings. The molecule has 0 spiro atoms. The summed E-state index contributed by atoms with van der Waals surface area (Å²) >= 11 is 2.58. The van der Waals surface area contributed by atoms with Crippen LogP contribution in [0.2, 0.25) is 0 Å². The van der Waals surface area contributed by atoms with Gasteiger partial charge in [0.05, 0.1) is 16.8 Å². The maximum Gasteiger partial charge on any atom is 0.0746 e. The van der Waals surface area contributed by atoms with Gasteiger partial charge in [0.15, 0.2) is 0 Å². The summed E-state index contributed by atoms with van der Waals surface area (Å²) in [7, 11) is 2.16. The molecule has 20 atom stereocenters. The fourth-order valence-electron chi connectivity index (χ4n) is 17.8. The number of rotatable bonds is 18. The molecule has 10 saturated carbocycles. The first-order chi connectivity index (χ1) is 27.1. The van der Waals surface area contributed by atoms with Crippen molar-refractivity contribution in [3.63, 3.8) is 0 Å². The van der Waals surface area contributed by atoms with Gasteiger partial charge in [-0.15, -0.1) is 0 Å². The summed E-state index contributed by atoms with van der Waals surface area (Å²) in [4.78, 5) is 11.4. The second kappa shape index (κ2) is 15.3. The summed E-state index contributed by atoms with van der Waals surface area (Å²) in [6.45, 7) is 14.9. The van der Waals surface area contributed by atoms with Gasteiger partial charge in [0.1, 0.15) is 0 Å². The van der Waals surface area contributed by atoms with E-state index >= 15 is 0 Å². The van der Waals surface area contributed by atoms with Crippen LogP contribution in [0.1, 0.15) is 112 Å². The molecule has 0 radical (unpaired) electrons. The zero-order chi connectivity index (χ0) is 39.8. The van der Waals surface area contributed by atoms with Crippen molar-refractivity contribution >= 4 is 22.6 Å². The van der Waals surface area contributed by atoms with E-state index in [1.165, 1.54) is 64.2 Å². The lowest BCUT2D eigenvalue weighted by atomic mass is 9.63. The van der Waals surface area contributed by atoms with E-state index in [2.05, 4.69) is 78.6 Å². The SMILES string of the molecule is CNC1CC2C(C1)C1CC2C2C3CC(NC(C)(C)CCN([O-])OCC(C)(C)CON([O-])CCNC4CC5C6CC(C7C8CC(CC8NC(C)(C)I)C67)[C@H]5C4)C(C3)C12. The molecule has 0 saturated heterocycles. The lowest BCUT2D eigenvalue weighted by molar-refractivity contribution is -0.189. The van der Waals surface area contributed by atoms with Crippen LogP contribution in [0, 0.1) is 111 Å². The summed E-state index contributed by atoms with van der Waals surface area (Å²) in [6, 6.07) is 2.57. The molecule has 0 amide bonds. The Morgan fingerprint density at radius 3 is 1.54 bits per heavy atom. The highest BCUT2D eigenvalue weighted by atomic mass is 127. The van der Waals surface area contributed by atoms with Crippen LogP contribution in [0.25, 0.3) is 0 Å². The molecular weight excluding hydrogens is 827 g/mol. The summed E-state index contributed by atoms with van der Waals surface area (Å²) in [5, 5.41) is 42.6. The first-order valence-electron chi connectivity index (χ1n) is 23.9. The topological polar surface area (TPSA) is 119 Å². The minimum absolute atomic E-state index is 0.125. The van der Waals surface area contributed by atoms with E-state index in [0.29, 0.717) is 37.8 Å². The molecule has 0 aliphatic heterocycles. The molecule has 324 valence electrons. The van der Waals surface area contributed by atoms with Crippen LogP contribution in [0.5, 0.6) is 0 Å². The van der Waals surface area contributed by atoms with E-state index in [0.717, 1.165) is 118 Å². The van der Waals surface area contributed by atoms with Crippen LogP contribution < -0.4 is 21.3 Å². The predicted molar refractivity (Wildman–Crippen MR) is 233 cm³/mol. The highest BCUT2D eigenvalue weighted by Crippen LogP contribution is 2.74. The van der Waals surface area contributed by atoms with Gasteiger partial charge in [-0.25, -0.2) is 0 Å². The quantitative estimate of drug-likeness (QED) is 0.0371. The number of hydrogen-bond donors (Lipinski definition) is 4. The zero-order valence-corrected chi connectivity index (χ0v) is 38.4. The van der Waals surface area contributed by atoms with E-state index in [9.17, 15) is 10.4 Å². The normalized spacial score (nSPS) is 48.6. The largest absolute Gasteiger partial charge is 0.762 e. The monoisotopic (exact) mass is 905 g/mol. The lowest BCUT2D eigenvalue weighted by Crippen LogP contribution is -2.53. The minimum atomic E-state index is -0.459. The van der Waals surface area contributed by atoms with Gasteiger partial charge in [0, 0.05) is 54.8 Å². The van der Waals surface area contributed by atoms with Gasteiger partial charge in [-0.2, -0.15) is 0 Å². The second-order valence-electron chi connectivity index (χ2n) is 23.9. The first kappa shape index (κ1) is 41.3. The molecule has 10 aliphatic carbocycles. The third-order valence-corrected chi connectivity index (χ3v) is 19.5. The van der Waals surface area contributed by atoms with Gasteiger partial charge in [0.25, 0.3) is 0 Å². The Bertz CT molecular complexity index is 1460. The van der Waals surface area contributed by atoms with E-state index in [1.54, 1.807) is 0 Å². The summed E-state index contributed by atoms with van der Waals surface area (Å²) in [5.41, 5.74) is -0.585. The molecule has 0 aromatic carbocycles. The molecule has 19 unspecified atom stereocenters. The molecule has 8 bridgehead atoms. The number of nitrogens with zero attached hydrogens (tertiary/aromatic N) is 2. The summed E-state index contributed by atoms with van der Waals surface area (Å²) in [5.74, 6) is 15.0. The van der Waals surface area contributed by atoms with Crippen molar-refractivity contribution in [1.82, 2.24) is 31.7 Å². The number of nitrogens with one attached hydrogen (secondary N) is 4. The van der Waals surface area contributed by atoms with Crippen LogP contribution in [0.15, 0.2) is 0 Å². The zero-order valence-electron chi connectivity index (χ0n) is 36.3. The number of halogens is 1. The van der Waals surface area contributed by atoms with Crippen LogP contribution in [-0.4, -0.2) is 83.6 Å². The van der Waals surface area contributed by atoms with Crippen molar-refractivity contribution in [2.75, 3.05) is 39.9 Å². The molecule has 10 rings (SSSR count). The Kier molecular flexibility index (Phi) is 11.1. The summed E-state index contributed by atoms with van der Waals surface area (Å²) in [6.07, 6.45) is 14.8. The Labute approximate surface area is 358 Å². The maximum atomic E-state index is 12.9. The molecule has 0 heterocycles. The Balaban J connectivity index is 0.612. The molecular formula is C46H77IN6O4-2. The van der Waals surface area contributed by atoms with Crippen LogP contribution in [0.4, 0.5) is 0 Å². The van der Waals surface area contributed by atoms with Crippen LogP contribution in [-0.2, 0) is 9.68 Å². The van der Waals surface area contributed by atoms with E-state index in [4.69, 9.17) is 9.68 Å². The number of hydroxylamine groups is 4. The predicted octanol–water partition coefficient (Wildman–Crippen LogP) is 7.17. The second-order valence-corrected chi connectivity index (χ2v) is 26.6. The highest BCUT2D eigenvalue weighted by Gasteiger charge is 2.70. The van der Waals surface area contributed by atoms with Gasteiger partial charge in [-0.3, -0.25) is 10.5 Å². The number of hydrogen-bond acceptors (Lipinski definition) is 10. The van der Waals surface area contributed by atoms with Crippen LogP contribution in [0.3, 0.4) is 0 Å². The third-order valence-electron chi connectivity index (χ3n) is 19.2.